The Hall–Kier alpha value is -3.31. The van der Waals surface area contributed by atoms with E-state index in [1.54, 1.807) is 36.7 Å². The number of aromatic nitrogens is 2. The van der Waals surface area contributed by atoms with Crippen molar-refractivity contribution in [3.63, 3.8) is 0 Å². The van der Waals surface area contributed by atoms with E-state index in [9.17, 15) is 4.79 Å². The second-order valence-corrected chi connectivity index (χ2v) is 3.86. The van der Waals surface area contributed by atoms with E-state index in [-0.39, 0.29) is 13.2 Å². The molecule has 0 unspecified atom stereocenters. The van der Waals surface area contributed by atoms with Gasteiger partial charge in [-0.1, -0.05) is 24.0 Å². The van der Waals surface area contributed by atoms with Crippen molar-refractivity contribution in [1.82, 2.24) is 9.97 Å². The molecule has 0 bridgehead atoms. The molecule has 0 aliphatic carbocycles. The van der Waals surface area contributed by atoms with Gasteiger partial charge < -0.3 is 9.47 Å². The fourth-order valence-corrected chi connectivity index (χ4v) is 1.36. The van der Waals surface area contributed by atoms with Crippen molar-refractivity contribution in [1.29, 1.82) is 0 Å². The number of hydrogen-bond acceptors (Lipinski definition) is 5. The van der Waals surface area contributed by atoms with Gasteiger partial charge in [0, 0.05) is 12.4 Å². The van der Waals surface area contributed by atoms with Crippen LogP contribution in [0, 0.1) is 23.7 Å². The lowest BCUT2D eigenvalue weighted by Crippen LogP contribution is -2.07. The molecule has 0 N–H and O–H groups in total. The molecule has 2 heterocycles. The number of ether oxygens (including phenoxy) is 2. The average Bonchev–Trinajstić information content (AvgIpc) is 2.57. The van der Waals surface area contributed by atoms with Crippen LogP contribution >= 0.6 is 0 Å². The number of hydrogen-bond donors (Lipinski definition) is 0. The lowest BCUT2D eigenvalue weighted by atomic mass is 10.3. The Balaban J connectivity index is 1.67. The molecular weight excluding hydrogens is 280 g/mol. The van der Waals surface area contributed by atoms with Gasteiger partial charge in [-0.05, 0) is 36.1 Å². The highest BCUT2D eigenvalue weighted by Crippen LogP contribution is 1.91. The predicted molar refractivity (Wildman–Crippen MR) is 79.5 cm³/mol. The van der Waals surface area contributed by atoms with Crippen molar-refractivity contribution >= 4 is 6.16 Å². The minimum atomic E-state index is -0.814. The van der Waals surface area contributed by atoms with Crippen LogP contribution in [0.3, 0.4) is 0 Å². The van der Waals surface area contributed by atoms with Crippen molar-refractivity contribution in [2.24, 2.45) is 0 Å². The number of rotatable bonds is 2. The fourth-order valence-electron chi connectivity index (χ4n) is 1.36. The van der Waals surface area contributed by atoms with Crippen LogP contribution in [0.1, 0.15) is 11.4 Å². The molecule has 5 heteroatoms. The zero-order chi connectivity index (χ0) is 15.5. The van der Waals surface area contributed by atoms with Gasteiger partial charge in [0.15, 0.2) is 13.2 Å². The summed E-state index contributed by atoms with van der Waals surface area (Å²) < 4.78 is 9.54. The molecule has 2 rings (SSSR count). The Bertz CT molecular complexity index is 659. The van der Waals surface area contributed by atoms with Crippen LogP contribution in [0.25, 0.3) is 0 Å². The van der Waals surface area contributed by atoms with Crippen molar-refractivity contribution < 1.29 is 14.3 Å². The summed E-state index contributed by atoms with van der Waals surface area (Å²) in [4.78, 5) is 19.3. The smallest absolute Gasteiger partial charge is 0.421 e. The Morgan fingerprint density at radius 3 is 1.77 bits per heavy atom. The standard InChI is InChI=1S/C17H12N2O3/c20-17(21-13-5-9-15-7-1-3-11-18-15)22-14-6-10-16-8-2-4-12-19-16/h1-4,7-8,11-12H,13-14H2. The van der Waals surface area contributed by atoms with E-state index in [0.717, 1.165) is 0 Å². The fraction of sp³-hybridized carbons (Fsp3) is 0.118. The molecule has 0 aliphatic rings. The van der Waals surface area contributed by atoms with Crippen LogP contribution in [-0.2, 0) is 9.47 Å². The molecule has 108 valence electrons. The van der Waals surface area contributed by atoms with Gasteiger partial charge in [0.2, 0.25) is 0 Å². The Labute approximate surface area is 128 Å². The molecule has 0 spiro atoms. The molecule has 0 fully saturated rings. The van der Waals surface area contributed by atoms with Crippen molar-refractivity contribution in [3.8, 4) is 23.7 Å². The van der Waals surface area contributed by atoms with Gasteiger partial charge in [-0.25, -0.2) is 14.8 Å². The summed E-state index contributed by atoms with van der Waals surface area (Å²) in [5, 5.41) is 0. The van der Waals surface area contributed by atoms with Crippen molar-refractivity contribution in [2.45, 2.75) is 0 Å². The summed E-state index contributed by atoms with van der Waals surface area (Å²) in [7, 11) is 0. The molecule has 0 aliphatic heterocycles. The highest BCUT2D eigenvalue weighted by molar-refractivity contribution is 5.60. The van der Waals surface area contributed by atoms with Crippen LogP contribution in [0.5, 0.6) is 0 Å². The first-order valence-electron chi connectivity index (χ1n) is 6.44. The summed E-state index contributed by atoms with van der Waals surface area (Å²) in [6.07, 6.45) is 2.46. The van der Waals surface area contributed by atoms with Crippen LogP contribution in [0.4, 0.5) is 4.79 Å². The largest absolute Gasteiger partial charge is 0.510 e. The maximum Gasteiger partial charge on any atom is 0.510 e. The minimum Gasteiger partial charge on any atom is -0.421 e. The molecule has 0 saturated heterocycles. The van der Waals surface area contributed by atoms with E-state index in [1.165, 1.54) is 0 Å². The summed E-state index contributed by atoms with van der Waals surface area (Å²) in [6, 6.07) is 10.8. The molecule has 0 atom stereocenters. The van der Waals surface area contributed by atoms with E-state index < -0.39 is 6.16 Å². The molecule has 0 amide bonds. The molecular formula is C17H12N2O3. The second kappa shape index (κ2) is 8.78. The zero-order valence-corrected chi connectivity index (χ0v) is 11.7. The number of carbonyl (C=O) groups excluding carboxylic acids is 1. The Morgan fingerprint density at radius 2 is 1.36 bits per heavy atom. The van der Waals surface area contributed by atoms with Crippen LogP contribution in [-0.4, -0.2) is 29.3 Å². The first kappa shape index (κ1) is 15.1. The predicted octanol–water partition coefficient (Wildman–Crippen LogP) is 2.03. The molecule has 0 aromatic carbocycles. The van der Waals surface area contributed by atoms with Gasteiger partial charge in [0.05, 0.1) is 0 Å². The van der Waals surface area contributed by atoms with E-state index in [1.807, 2.05) is 12.1 Å². The van der Waals surface area contributed by atoms with Gasteiger partial charge in [-0.15, -0.1) is 0 Å². The third-order valence-corrected chi connectivity index (χ3v) is 2.29. The zero-order valence-electron chi connectivity index (χ0n) is 11.7. The highest BCUT2D eigenvalue weighted by Gasteiger charge is 1.99. The second-order valence-electron chi connectivity index (χ2n) is 3.86. The normalized spacial score (nSPS) is 8.73. The SMILES string of the molecule is O=C(OCC#Cc1ccccn1)OCC#Cc1ccccn1. The van der Waals surface area contributed by atoms with Crippen molar-refractivity contribution in [2.75, 3.05) is 13.2 Å². The maximum absolute atomic E-state index is 11.3. The average molecular weight is 292 g/mol. The summed E-state index contributed by atoms with van der Waals surface area (Å²) in [6.45, 7) is -0.133. The number of nitrogens with zero attached hydrogens (tertiary/aromatic N) is 2. The lowest BCUT2D eigenvalue weighted by Gasteiger charge is -1.98. The maximum atomic E-state index is 11.3. The quantitative estimate of drug-likeness (QED) is 0.626. The minimum absolute atomic E-state index is 0.0664. The third kappa shape index (κ3) is 5.77. The summed E-state index contributed by atoms with van der Waals surface area (Å²) in [5.74, 6) is 10.9. The van der Waals surface area contributed by atoms with Crippen LogP contribution in [0.2, 0.25) is 0 Å². The number of pyridine rings is 2. The highest BCUT2D eigenvalue weighted by atomic mass is 16.7. The molecule has 22 heavy (non-hydrogen) atoms. The Morgan fingerprint density at radius 1 is 0.864 bits per heavy atom. The van der Waals surface area contributed by atoms with Gasteiger partial charge in [0.25, 0.3) is 0 Å². The topological polar surface area (TPSA) is 61.3 Å². The first-order valence-corrected chi connectivity index (χ1v) is 6.44. The summed E-state index contributed by atoms with van der Waals surface area (Å²) in [5.41, 5.74) is 1.22. The third-order valence-electron chi connectivity index (χ3n) is 2.29. The van der Waals surface area contributed by atoms with Gasteiger partial charge in [-0.3, -0.25) is 0 Å². The molecule has 0 radical (unpaired) electrons. The Kier molecular flexibility index (Phi) is 6.02. The van der Waals surface area contributed by atoms with E-state index in [0.29, 0.717) is 11.4 Å². The molecule has 0 saturated carbocycles. The lowest BCUT2D eigenvalue weighted by molar-refractivity contribution is 0.0745. The van der Waals surface area contributed by atoms with Crippen LogP contribution < -0.4 is 0 Å². The monoisotopic (exact) mass is 292 g/mol. The van der Waals surface area contributed by atoms with Crippen molar-refractivity contribution in [3.05, 3.63) is 60.2 Å². The van der Waals surface area contributed by atoms with Gasteiger partial charge >= 0.3 is 6.16 Å². The van der Waals surface area contributed by atoms with E-state index in [4.69, 9.17) is 9.47 Å². The van der Waals surface area contributed by atoms with Gasteiger partial charge in [-0.2, -0.15) is 0 Å². The number of carbonyl (C=O) groups is 1. The summed E-state index contributed by atoms with van der Waals surface area (Å²) >= 11 is 0. The van der Waals surface area contributed by atoms with E-state index in [2.05, 4.69) is 33.6 Å². The van der Waals surface area contributed by atoms with Gasteiger partial charge in [0.1, 0.15) is 11.4 Å². The van der Waals surface area contributed by atoms with E-state index >= 15 is 0 Å². The van der Waals surface area contributed by atoms with Crippen LogP contribution in [0.15, 0.2) is 48.8 Å². The molecule has 2 aromatic heterocycles. The molecule has 5 nitrogen and oxygen atoms in total. The molecule has 2 aromatic rings. The first-order chi connectivity index (χ1) is 10.8.